The molecule has 1 N–H and O–H groups in total. The van der Waals surface area contributed by atoms with E-state index in [9.17, 15) is 4.79 Å². The second kappa shape index (κ2) is 5.74. The molecular formula is C16H23NO2. The van der Waals surface area contributed by atoms with Crippen molar-refractivity contribution in [2.24, 2.45) is 0 Å². The van der Waals surface area contributed by atoms with Crippen molar-refractivity contribution in [3.63, 3.8) is 0 Å². The highest BCUT2D eigenvalue weighted by atomic mass is 16.7. The largest absolute Gasteiger partial charge is 0.274 e. The van der Waals surface area contributed by atoms with E-state index in [1.165, 1.54) is 18.4 Å². The van der Waals surface area contributed by atoms with Crippen molar-refractivity contribution in [2.45, 2.75) is 58.0 Å². The summed E-state index contributed by atoms with van der Waals surface area (Å²) in [5.74, 6) is -0.160. The Kier molecular flexibility index (Phi) is 4.25. The van der Waals surface area contributed by atoms with Gasteiger partial charge >= 0.3 is 0 Å². The maximum atomic E-state index is 11.9. The summed E-state index contributed by atoms with van der Waals surface area (Å²) in [5, 5.41) is 0. The van der Waals surface area contributed by atoms with E-state index < -0.39 is 0 Å². The standard InChI is InChI=1S/C16H23NO2/c1-16(2,3)13-10-8-12(9-11-13)15(18)17-19-14-6-4-5-7-14/h8-11,14H,4-7H2,1-3H3,(H,17,18). The second-order valence-corrected chi connectivity index (χ2v) is 6.28. The van der Waals surface area contributed by atoms with Gasteiger partial charge in [-0.05, 0) is 36.0 Å². The third kappa shape index (κ3) is 3.80. The Balaban J connectivity index is 1.92. The van der Waals surface area contributed by atoms with Gasteiger partial charge in [-0.15, -0.1) is 0 Å². The minimum Gasteiger partial charge on any atom is -0.270 e. The van der Waals surface area contributed by atoms with Gasteiger partial charge in [0.25, 0.3) is 5.91 Å². The molecule has 0 atom stereocenters. The molecule has 1 aliphatic rings. The van der Waals surface area contributed by atoms with Crippen LogP contribution in [-0.2, 0) is 10.3 Å². The lowest BCUT2D eigenvalue weighted by Crippen LogP contribution is -2.28. The molecule has 1 amide bonds. The summed E-state index contributed by atoms with van der Waals surface area (Å²) in [4.78, 5) is 17.3. The minimum absolute atomic E-state index is 0.107. The highest BCUT2D eigenvalue weighted by Gasteiger charge is 2.18. The van der Waals surface area contributed by atoms with Gasteiger partial charge in [-0.25, -0.2) is 5.48 Å². The second-order valence-electron chi connectivity index (χ2n) is 6.28. The predicted molar refractivity (Wildman–Crippen MR) is 75.9 cm³/mol. The summed E-state index contributed by atoms with van der Waals surface area (Å²) in [7, 11) is 0. The number of nitrogens with one attached hydrogen (secondary N) is 1. The van der Waals surface area contributed by atoms with Gasteiger partial charge in [-0.2, -0.15) is 0 Å². The molecule has 3 nitrogen and oxygen atoms in total. The van der Waals surface area contributed by atoms with Crippen LogP contribution in [-0.4, -0.2) is 12.0 Å². The molecule has 1 aliphatic carbocycles. The molecule has 1 saturated carbocycles. The van der Waals surface area contributed by atoms with Crippen molar-refractivity contribution >= 4 is 5.91 Å². The maximum absolute atomic E-state index is 11.9. The minimum atomic E-state index is -0.160. The summed E-state index contributed by atoms with van der Waals surface area (Å²) in [6.07, 6.45) is 4.67. The summed E-state index contributed by atoms with van der Waals surface area (Å²) in [6.45, 7) is 6.47. The van der Waals surface area contributed by atoms with Crippen molar-refractivity contribution in [1.29, 1.82) is 0 Å². The molecule has 0 heterocycles. The normalized spacial score (nSPS) is 16.6. The fraction of sp³-hybridized carbons (Fsp3) is 0.562. The van der Waals surface area contributed by atoms with Crippen LogP contribution in [0.3, 0.4) is 0 Å². The first-order valence-electron chi connectivity index (χ1n) is 7.03. The molecule has 1 aromatic carbocycles. The van der Waals surface area contributed by atoms with Crippen LogP contribution in [0.2, 0.25) is 0 Å². The Morgan fingerprint density at radius 2 is 1.74 bits per heavy atom. The first-order valence-corrected chi connectivity index (χ1v) is 7.03. The maximum Gasteiger partial charge on any atom is 0.274 e. The first-order chi connectivity index (χ1) is 8.97. The average Bonchev–Trinajstić information content (AvgIpc) is 2.88. The van der Waals surface area contributed by atoms with Gasteiger partial charge in [0.1, 0.15) is 0 Å². The lowest BCUT2D eigenvalue weighted by molar-refractivity contribution is -0.0124. The van der Waals surface area contributed by atoms with Crippen molar-refractivity contribution in [3.05, 3.63) is 35.4 Å². The van der Waals surface area contributed by atoms with Crippen molar-refractivity contribution in [1.82, 2.24) is 5.48 Å². The average molecular weight is 261 g/mol. The van der Waals surface area contributed by atoms with Crippen molar-refractivity contribution < 1.29 is 9.63 Å². The fourth-order valence-corrected chi connectivity index (χ4v) is 2.32. The SMILES string of the molecule is CC(C)(C)c1ccc(C(=O)NOC2CCCC2)cc1. The number of hydroxylamine groups is 1. The summed E-state index contributed by atoms with van der Waals surface area (Å²) < 4.78 is 0. The Morgan fingerprint density at radius 3 is 2.26 bits per heavy atom. The number of benzene rings is 1. The Labute approximate surface area is 115 Å². The quantitative estimate of drug-likeness (QED) is 0.844. The van der Waals surface area contributed by atoms with Crippen LogP contribution in [0, 0.1) is 0 Å². The van der Waals surface area contributed by atoms with E-state index in [1.807, 2.05) is 24.3 Å². The van der Waals surface area contributed by atoms with E-state index in [0.717, 1.165) is 12.8 Å². The fourth-order valence-electron chi connectivity index (χ4n) is 2.32. The van der Waals surface area contributed by atoms with Gasteiger partial charge in [-0.3, -0.25) is 9.63 Å². The third-order valence-corrected chi connectivity index (χ3v) is 3.63. The molecule has 3 heteroatoms. The number of carbonyl (C=O) groups is 1. The number of rotatable bonds is 3. The molecule has 0 saturated heterocycles. The molecule has 19 heavy (non-hydrogen) atoms. The molecule has 0 radical (unpaired) electrons. The number of amides is 1. The van der Waals surface area contributed by atoms with E-state index >= 15 is 0 Å². The van der Waals surface area contributed by atoms with Gasteiger partial charge in [0.15, 0.2) is 0 Å². The number of hydrogen-bond acceptors (Lipinski definition) is 2. The summed E-state index contributed by atoms with van der Waals surface area (Å²) in [5.41, 5.74) is 4.53. The number of hydrogen-bond donors (Lipinski definition) is 1. The van der Waals surface area contributed by atoms with Crippen LogP contribution in [0.25, 0.3) is 0 Å². The molecule has 0 spiro atoms. The van der Waals surface area contributed by atoms with Crippen LogP contribution in [0.1, 0.15) is 62.4 Å². The van der Waals surface area contributed by atoms with Gasteiger partial charge < -0.3 is 0 Å². The van der Waals surface area contributed by atoms with Gasteiger partial charge in [0.05, 0.1) is 6.10 Å². The zero-order valence-corrected chi connectivity index (χ0v) is 12.0. The van der Waals surface area contributed by atoms with Crippen molar-refractivity contribution in [3.8, 4) is 0 Å². The van der Waals surface area contributed by atoms with Crippen LogP contribution in [0.5, 0.6) is 0 Å². The molecule has 0 aliphatic heterocycles. The van der Waals surface area contributed by atoms with E-state index in [2.05, 4.69) is 26.3 Å². The van der Waals surface area contributed by atoms with Crippen molar-refractivity contribution in [2.75, 3.05) is 0 Å². The topological polar surface area (TPSA) is 38.3 Å². The molecule has 0 bridgehead atoms. The Bertz CT molecular complexity index is 425. The summed E-state index contributed by atoms with van der Waals surface area (Å²) in [6, 6.07) is 7.72. The summed E-state index contributed by atoms with van der Waals surface area (Å²) >= 11 is 0. The van der Waals surface area contributed by atoms with E-state index in [4.69, 9.17) is 4.84 Å². The number of carbonyl (C=O) groups excluding carboxylic acids is 1. The van der Waals surface area contributed by atoms with Crippen LogP contribution < -0.4 is 5.48 Å². The molecule has 0 aromatic heterocycles. The molecule has 0 unspecified atom stereocenters. The first kappa shape index (κ1) is 14.1. The molecule has 104 valence electrons. The van der Waals surface area contributed by atoms with Gasteiger partial charge in [0.2, 0.25) is 0 Å². The van der Waals surface area contributed by atoms with E-state index in [0.29, 0.717) is 5.56 Å². The molecule has 1 aromatic rings. The lowest BCUT2D eigenvalue weighted by Gasteiger charge is -2.19. The third-order valence-electron chi connectivity index (χ3n) is 3.63. The van der Waals surface area contributed by atoms with E-state index in [-0.39, 0.29) is 17.4 Å². The zero-order valence-electron chi connectivity index (χ0n) is 12.0. The van der Waals surface area contributed by atoms with E-state index in [1.54, 1.807) is 0 Å². The van der Waals surface area contributed by atoms with Crippen LogP contribution in [0.15, 0.2) is 24.3 Å². The predicted octanol–water partition coefficient (Wildman–Crippen LogP) is 3.59. The molecular weight excluding hydrogens is 238 g/mol. The smallest absolute Gasteiger partial charge is 0.270 e. The van der Waals surface area contributed by atoms with Gasteiger partial charge in [0, 0.05) is 5.56 Å². The Morgan fingerprint density at radius 1 is 1.16 bits per heavy atom. The molecule has 2 rings (SSSR count). The van der Waals surface area contributed by atoms with Crippen LogP contribution in [0.4, 0.5) is 0 Å². The zero-order chi connectivity index (χ0) is 13.9. The van der Waals surface area contributed by atoms with Crippen LogP contribution >= 0.6 is 0 Å². The monoisotopic (exact) mass is 261 g/mol. The lowest BCUT2D eigenvalue weighted by atomic mass is 9.87. The van der Waals surface area contributed by atoms with Gasteiger partial charge in [-0.1, -0.05) is 45.7 Å². The highest BCUT2D eigenvalue weighted by molar-refractivity contribution is 5.93. The molecule has 1 fully saturated rings. The highest BCUT2D eigenvalue weighted by Crippen LogP contribution is 2.22. The Hall–Kier alpha value is -1.35.